The highest BCUT2D eigenvalue weighted by Gasteiger charge is 2.43. The summed E-state index contributed by atoms with van der Waals surface area (Å²) in [6.07, 6.45) is 2.90. The van der Waals surface area contributed by atoms with Gasteiger partial charge in [-0.15, -0.1) is 0 Å². The third-order valence-electron chi connectivity index (χ3n) is 5.35. The van der Waals surface area contributed by atoms with Crippen LogP contribution in [0.5, 0.6) is 0 Å². The predicted octanol–water partition coefficient (Wildman–Crippen LogP) is 3.36. The number of rotatable bonds is 2. The molecule has 0 unspecified atom stereocenters. The van der Waals surface area contributed by atoms with Crippen LogP contribution in [-0.2, 0) is 4.74 Å². The van der Waals surface area contributed by atoms with E-state index in [-0.39, 0.29) is 11.7 Å². The Morgan fingerprint density at radius 3 is 2.78 bits per heavy atom. The van der Waals surface area contributed by atoms with E-state index in [1.165, 1.54) is 0 Å². The number of piperidine rings is 1. The van der Waals surface area contributed by atoms with Crippen molar-refractivity contribution in [1.82, 2.24) is 20.3 Å². The molecule has 0 saturated carbocycles. The maximum atomic E-state index is 11.4. The number of halogens is 1. The number of anilines is 1. The molecule has 2 saturated heterocycles. The maximum Gasteiger partial charge on any atom is 0.407 e. The SMILES string of the molecule is O=C1NCC2(CCN(c3cc(-c4nc5ccccc5[nH]4)c(Cl)cn3)CC2)O1. The normalized spacial score (nSPS) is 18.7. The molecule has 2 aromatic heterocycles. The number of benzene rings is 1. The number of aromatic amines is 1. The van der Waals surface area contributed by atoms with Crippen LogP contribution in [0.2, 0.25) is 5.02 Å². The van der Waals surface area contributed by atoms with E-state index >= 15 is 0 Å². The number of pyridine rings is 1. The summed E-state index contributed by atoms with van der Waals surface area (Å²) in [6, 6.07) is 9.85. The summed E-state index contributed by atoms with van der Waals surface area (Å²) in [6.45, 7) is 2.12. The number of H-pyrrole nitrogens is 1. The van der Waals surface area contributed by atoms with Crippen LogP contribution in [0.1, 0.15) is 12.8 Å². The molecule has 2 fully saturated rings. The number of carbonyl (C=O) groups excluding carboxylic acids is 1. The van der Waals surface area contributed by atoms with Crippen molar-refractivity contribution < 1.29 is 9.53 Å². The number of hydrogen-bond acceptors (Lipinski definition) is 5. The van der Waals surface area contributed by atoms with Gasteiger partial charge in [-0.05, 0) is 18.2 Å². The van der Waals surface area contributed by atoms with Gasteiger partial charge in [0, 0.05) is 37.7 Å². The van der Waals surface area contributed by atoms with E-state index in [9.17, 15) is 4.79 Å². The number of fused-ring (bicyclic) bond motifs is 1. The molecule has 0 atom stereocenters. The van der Waals surface area contributed by atoms with Gasteiger partial charge in [0.15, 0.2) is 0 Å². The van der Waals surface area contributed by atoms with Crippen molar-refractivity contribution in [1.29, 1.82) is 0 Å². The Morgan fingerprint density at radius 1 is 1.22 bits per heavy atom. The molecule has 2 aliphatic heterocycles. The number of amides is 1. The lowest BCUT2D eigenvalue weighted by Gasteiger charge is -2.37. The summed E-state index contributed by atoms with van der Waals surface area (Å²) in [5.41, 5.74) is 2.32. The van der Waals surface area contributed by atoms with Crippen molar-refractivity contribution in [2.24, 2.45) is 0 Å². The minimum Gasteiger partial charge on any atom is -0.441 e. The van der Waals surface area contributed by atoms with E-state index in [4.69, 9.17) is 16.3 Å². The van der Waals surface area contributed by atoms with Gasteiger partial charge in [0.1, 0.15) is 17.2 Å². The van der Waals surface area contributed by atoms with Gasteiger partial charge in [0.05, 0.1) is 22.6 Å². The Bertz CT molecular complexity index is 993. The Kier molecular flexibility index (Phi) is 3.72. The highest BCUT2D eigenvalue weighted by atomic mass is 35.5. The minimum absolute atomic E-state index is 0.319. The predicted molar refractivity (Wildman–Crippen MR) is 103 cm³/mol. The number of aromatic nitrogens is 3. The largest absolute Gasteiger partial charge is 0.441 e. The Morgan fingerprint density at radius 2 is 2.04 bits per heavy atom. The first kappa shape index (κ1) is 16.4. The van der Waals surface area contributed by atoms with Crippen LogP contribution in [-0.4, -0.2) is 46.3 Å². The van der Waals surface area contributed by atoms with Crippen molar-refractivity contribution in [2.75, 3.05) is 24.5 Å². The molecular formula is C19H18ClN5O2. The molecule has 0 radical (unpaired) electrons. The fraction of sp³-hybridized carbons (Fsp3) is 0.316. The lowest BCUT2D eigenvalue weighted by atomic mass is 9.91. The molecule has 4 heterocycles. The molecule has 5 rings (SSSR count). The van der Waals surface area contributed by atoms with Gasteiger partial charge < -0.3 is 19.9 Å². The smallest absolute Gasteiger partial charge is 0.407 e. The van der Waals surface area contributed by atoms with Crippen LogP contribution < -0.4 is 10.2 Å². The summed E-state index contributed by atoms with van der Waals surface area (Å²) >= 11 is 6.40. The number of imidazole rings is 1. The zero-order chi connectivity index (χ0) is 18.4. The van der Waals surface area contributed by atoms with E-state index < -0.39 is 0 Å². The summed E-state index contributed by atoms with van der Waals surface area (Å²) in [5.74, 6) is 1.58. The molecule has 8 heteroatoms. The number of carbonyl (C=O) groups is 1. The van der Waals surface area contributed by atoms with Crippen LogP contribution in [0.3, 0.4) is 0 Å². The third kappa shape index (κ3) is 2.88. The third-order valence-corrected chi connectivity index (χ3v) is 5.65. The summed E-state index contributed by atoms with van der Waals surface area (Å²) in [5, 5.41) is 3.32. The molecule has 3 aromatic rings. The number of nitrogens with zero attached hydrogens (tertiary/aromatic N) is 3. The average molecular weight is 384 g/mol. The monoisotopic (exact) mass is 383 g/mol. The highest BCUT2D eigenvalue weighted by molar-refractivity contribution is 6.33. The van der Waals surface area contributed by atoms with Gasteiger partial charge in [0.2, 0.25) is 0 Å². The Balaban J connectivity index is 1.42. The number of hydrogen-bond donors (Lipinski definition) is 2. The van der Waals surface area contributed by atoms with Crippen LogP contribution in [0.25, 0.3) is 22.4 Å². The Labute approximate surface area is 160 Å². The fourth-order valence-electron chi connectivity index (χ4n) is 3.79. The second kappa shape index (κ2) is 6.13. The first-order chi connectivity index (χ1) is 13.1. The van der Waals surface area contributed by atoms with E-state index in [2.05, 4.69) is 25.2 Å². The molecule has 27 heavy (non-hydrogen) atoms. The van der Waals surface area contributed by atoms with Crippen LogP contribution in [0.4, 0.5) is 10.6 Å². The summed E-state index contributed by atoms with van der Waals surface area (Å²) in [4.78, 5) is 26.1. The van der Waals surface area contributed by atoms with Gasteiger partial charge in [-0.3, -0.25) is 0 Å². The van der Waals surface area contributed by atoms with E-state index in [1.807, 2.05) is 30.3 Å². The van der Waals surface area contributed by atoms with Gasteiger partial charge in [0.25, 0.3) is 0 Å². The molecule has 0 aliphatic carbocycles. The minimum atomic E-state index is -0.373. The van der Waals surface area contributed by atoms with E-state index in [0.717, 1.165) is 54.2 Å². The lowest BCUT2D eigenvalue weighted by Crippen LogP contribution is -2.46. The number of nitrogens with one attached hydrogen (secondary N) is 2. The highest BCUT2D eigenvalue weighted by Crippen LogP contribution is 2.34. The van der Waals surface area contributed by atoms with Crippen LogP contribution >= 0.6 is 11.6 Å². The lowest BCUT2D eigenvalue weighted by molar-refractivity contribution is 0.0366. The molecule has 2 aliphatic rings. The molecule has 2 N–H and O–H groups in total. The zero-order valence-electron chi connectivity index (χ0n) is 14.5. The fourth-order valence-corrected chi connectivity index (χ4v) is 3.98. The number of para-hydroxylation sites is 2. The van der Waals surface area contributed by atoms with Crippen LogP contribution in [0.15, 0.2) is 36.5 Å². The number of ether oxygens (including phenoxy) is 1. The first-order valence-electron chi connectivity index (χ1n) is 8.94. The molecular weight excluding hydrogens is 366 g/mol. The summed E-state index contributed by atoms with van der Waals surface area (Å²) < 4.78 is 5.49. The molecule has 0 bridgehead atoms. The van der Waals surface area contributed by atoms with Crippen molar-refractivity contribution in [3.8, 4) is 11.4 Å². The van der Waals surface area contributed by atoms with Crippen molar-refractivity contribution >= 4 is 34.5 Å². The first-order valence-corrected chi connectivity index (χ1v) is 9.32. The quantitative estimate of drug-likeness (QED) is 0.709. The summed E-state index contributed by atoms with van der Waals surface area (Å²) in [7, 11) is 0. The molecule has 1 amide bonds. The maximum absolute atomic E-state index is 11.4. The zero-order valence-corrected chi connectivity index (χ0v) is 15.3. The van der Waals surface area contributed by atoms with Crippen molar-refractivity contribution in [3.63, 3.8) is 0 Å². The topological polar surface area (TPSA) is 83.1 Å². The van der Waals surface area contributed by atoms with Crippen molar-refractivity contribution in [3.05, 3.63) is 41.6 Å². The van der Waals surface area contributed by atoms with E-state index in [1.54, 1.807) is 6.20 Å². The van der Waals surface area contributed by atoms with Gasteiger partial charge in [-0.2, -0.15) is 0 Å². The van der Waals surface area contributed by atoms with Crippen LogP contribution in [0, 0.1) is 0 Å². The standard InChI is InChI=1S/C19H18ClN5O2/c20-13-10-21-16(25-7-5-19(6-8-25)11-22-18(26)27-19)9-12(13)17-23-14-3-1-2-4-15(14)24-17/h1-4,9-10H,5-8,11H2,(H,22,26)(H,23,24). The van der Waals surface area contributed by atoms with E-state index in [0.29, 0.717) is 11.6 Å². The van der Waals surface area contributed by atoms with Gasteiger partial charge in [-0.1, -0.05) is 23.7 Å². The molecule has 1 spiro atoms. The second-order valence-electron chi connectivity index (χ2n) is 7.04. The number of alkyl carbamates (subject to hydrolysis) is 1. The van der Waals surface area contributed by atoms with Gasteiger partial charge in [-0.25, -0.2) is 14.8 Å². The average Bonchev–Trinajstić information content (AvgIpc) is 3.26. The van der Waals surface area contributed by atoms with Crippen molar-refractivity contribution in [2.45, 2.75) is 18.4 Å². The molecule has 138 valence electrons. The molecule has 7 nitrogen and oxygen atoms in total. The molecule has 1 aromatic carbocycles. The van der Waals surface area contributed by atoms with Gasteiger partial charge >= 0.3 is 6.09 Å². The Hall–Kier alpha value is -2.80. The second-order valence-corrected chi connectivity index (χ2v) is 7.45.